The molecule has 0 saturated carbocycles. The Hall–Kier alpha value is -0.340. The Bertz CT molecular complexity index is 136. The first-order valence-electron chi connectivity index (χ1n) is 4.80. The highest BCUT2D eigenvalue weighted by molar-refractivity contribution is 4.74. The van der Waals surface area contributed by atoms with Crippen LogP contribution in [0.1, 0.15) is 26.2 Å². The van der Waals surface area contributed by atoms with E-state index in [0.717, 1.165) is 19.5 Å². The highest BCUT2D eigenvalue weighted by Crippen LogP contribution is 2.17. The molecule has 2 atom stereocenters. The van der Waals surface area contributed by atoms with E-state index in [1.165, 1.54) is 12.8 Å². The van der Waals surface area contributed by atoms with Crippen LogP contribution >= 0.6 is 0 Å². The van der Waals surface area contributed by atoms with Crippen molar-refractivity contribution < 1.29 is 4.74 Å². The zero-order chi connectivity index (χ0) is 8.81. The SMILES string of the molecule is C=CCCNCC1CCC(C)O1. The normalized spacial score (nSPS) is 29.1. The molecule has 0 aromatic heterocycles. The molecule has 0 spiro atoms. The summed E-state index contributed by atoms with van der Waals surface area (Å²) < 4.78 is 5.65. The highest BCUT2D eigenvalue weighted by Gasteiger charge is 2.20. The zero-order valence-corrected chi connectivity index (χ0v) is 7.88. The van der Waals surface area contributed by atoms with Crippen LogP contribution in [0.4, 0.5) is 0 Å². The van der Waals surface area contributed by atoms with Crippen LogP contribution in [0.5, 0.6) is 0 Å². The van der Waals surface area contributed by atoms with Gasteiger partial charge in [-0.1, -0.05) is 6.08 Å². The van der Waals surface area contributed by atoms with Crippen LogP contribution in [-0.2, 0) is 4.74 Å². The van der Waals surface area contributed by atoms with Gasteiger partial charge in [0.05, 0.1) is 12.2 Å². The van der Waals surface area contributed by atoms with Crippen molar-refractivity contribution >= 4 is 0 Å². The molecule has 70 valence electrons. The number of hydrogen-bond acceptors (Lipinski definition) is 2. The third-order valence-electron chi connectivity index (χ3n) is 2.22. The fourth-order valence-corrected chi connectivity index (χ4v) is 1.50. The first kappa shape index (κ1) is 9.75. The van der Waals surface area contributed by atoms with Gasteiger partial charge in [0.2, 0.25) is 0 Å². The molecule has 0 aromatic carbocycles. The van der Waals surface area contributed by atoms with E-state index in [4.69, 9.17) is 4.74 Å². The average molecular weight is 169 g/mol. The van der Waals surface area contributed by atoms with Crippen molar-refractivity contribution in [1.82, 2.24) is 5.32 Å². The molecule has 1 heterocycles. The Morgan fingerprint density at radius 3 is 3.00 bits per heavy atom. The van der Waals surface area contributed by atoms with E-state index in [0.29, 0.717) is 12.2 Å². The second-order valence-corrected chi connectivity index (χ2v) is 3.43. The Morgan fingerprint density at radius 1 is 1.58 bits per heavy atom. The van der Waals surface area contributed by atoms with Crippen molar-refractivity contribution in [1.29, 1.82) is 0 Å². The first-order valence-corrected chi connectivity index (χ1v) is 4.80. The van der Waals surface area contributed by atoms with Crippen LogP contribution in [0.25, 0.3) is 0 Å². The van der Waals surface area contributed by atoms with E-state index in [2.05, 4.69) is 18.8 Å². The molecule has 1 rings (SSSR count). The number of ether oxygens (including phenoxy) is 1. The maximum absolute atomic E-state index is 5.65. The van der Waals surface area contributed by atoms with Crippen LogP contribution in [0, 0.1) is 0 Å². The lowest BCUT2D eigenvalue weighted by Crippen LogP contribution is -2.27. The minimum absolute atomic E-state index is 0.449. The molecule has 0 aliphatic carbocycles. The third kappa shape index (κ3) is 3.37. The average Bonchev–Trinajstić information content (AvgIpc) is 2.45. The summed E-state index contributed by atoms with van der Waals surface area (Å²) in [6.45, 7) is 7.84. The summed E-state index contributed by atoms with van der Waals surface area (Å²) >= 11 is 0. The van der Waals surface area contributed by atoms with Crippen molar-refractivity contribution in [2.24, 2.45) is 0 Å². The Balaban J connectivity index is 1.96. The molecular formula is C10H19NO. The summed E-state index contributed by atoms with van der Waals surface area (Å²) in [4.78, 5) is 0. The van der Waals surface area contributed by atoms with Gasteiger partial charge in [0.15, 0.2) is 0 Å². The predicted octanol–water partition coefficient (Wildman–Crippen LogP) is 1.72. The largest absolute Gasteiger partial charge is 0.374 e. The molecule has 1 aliphatic heterocycles. The van der Waals surface area contributed by atoms with E-state index < -0.39 is 0 Å². The van der Waals surface area contributed by atoms with Crippen molar-refractivity contribution in [3.8, 4) is 0 Å². The van der Waals surface area contributed by atoms with Crippen LogP contribution in [0.15, 0.2) is 12.7 Å². The number of rotatable bonds is 5. The summed E-state index contributed by atoms with van der Waals surface area (Å²) in [7, 11) is 0. The van der Waals surface area contributed by atoms with Gasteiger partial charge in [0, 0.05) is 6.54 Å². The van der Waals surface area contributed by atoms with Gasteiger partial charge in [-0.3, -0.25) is 0 Å². The zero-order valence-electron chi connectivity index (χ0n) is 7.88. The van der Waals surface area contributed by atoms with Gasteiger partial charge in [-0.25, -0.2) is 0 Å². The molecule has 1 saturated heterocycles. The fraction of sp³-hybridized carbons (Fsp3) is 0.800. The van der Waals surface area contributed by atoms with Gasteiger partial charge in [-0.2, -0.15) is 0 Å². The lowest BCUT2D eigenvalue weighted by atomic mass is 10.2. The topological polar surface area (TPSA) is 21.3 Å². The summed E-state index contributed by atoms with van der Waals surface area (Å²) in [5, 5.41) is 3.35. The molecule has 0 amide bonds. The first-order chi connectivity index (χ1) is 5.83. The monoisotopic (exact) mass is 169 g/mol. The van der Waals surface area contributed by atoms with Crippen molar-refractivity contribution in [3.63, 3.8) is 0 Å². The molecule has 0 bridgehead atoms. The van der Waals surface area contributed by atoms with Crippen LogP contribution in [0.2, 0.25) is 0 Å². The summed E-state index contributed by atoms with van der Waals surface area (Å²) in [6, 6.07) is 0. The summed E-state index contributed by atoms with van der Waals surface area (Å²) in [5.41, 5.74) is 0. The number of nitrogens with one attached hydrogen (secondary N) is 1. The van der Waals surface area contributed by atoms with E-state index in [-0.39, 0.29) is 0 Å². The fourth-order valence-electron chi connectivity index (χ4n) is 1.50. The van der Waals surface area contributed by atoms with E-state index in [1.54, 1.807) is 0 Å². The van der Waals surface area contributed by atoms with Crippen molar-refractivity contribution in [2.75, 3.05) is 13.1 Å². The Labute approximate surface area is 75.0 Å². The van der Waals surface area contributed by atoms with Crippen molar-refractivity contribution in [3.05, 3.63) is 12.7 Å². The van der Waals surface area contributed by atoms with Crippen LogP contribution in [-0.4, -0.2) is 25.3 Å². The molecule has 0 radical (unpaired) electrons. The van der Waals surface area contributed by atoms with Crippen LogP contribution < -0.4 is 5.32 Å². The molecule has 12 heavy (non-hydrogen) atoms. The molecule has 2 heteroatoms. The predicted molar refractivity (Wildman–Crippen MR) is 51.3 cm³/mol. The van der Waals surface area contributed by atoms with Gasteiger partial charge in [-0.05, 0) is 32.7 Å². The van der Waals surface area contributed by atoms with Gasteiger partial charge in [0.25, 0.3) is 0 Å². The number of hydrogen-bond donors (Lipinski definition) is 1. The van der Waals surface area contributed by atoms with Crippen LogP contribution in [0.3, 0.4) is 0 Å². The molecule has 2 unspecified atom stereocenters. The molecule has 0 aromatic rings. The lowest BCUT2D eigenvalue weighted by Gasteiger charge is -2.11. The second kappa shape index (κ2) is 5.33. The maximum Gasteiger partial charge on any atom is 0.0704 e. The molecule has 1 aliphatic rings. The molecule has 2 nitrogen and oxygen atoms in total. The molecule has 1 N–H and O–H groups in total. The lowest BCUT2D eigenvalue weighted by molar-refractivity contribution is 0.0562. The van der Waals surface area contributed by atoms with Gasteiger partial charge in [0.1, 0.15) is 0 Å². The van der Waals surface area contributed by atoms with Gasteiger partial charge < -0.3 is 10.1 Å². The quantitative estimate of drug-likeness (QED) is 0.500. The minimum Gasteiger partial charge on any atom is -0.374 e. The van der Waals surface area contributed by atoms with E-state index in [9.17, 15) is 0 Å². The second-order valence-electron chi connectivity index (χ2n) is 3.43. The highest BCUT2D eigenvalue weighted by atomic mass is 16.5. The summed E-state index contributed by atoms with van der Waals surface area (Å²) in [6.07, 6.45) is 6.32. The third-order valence-corrected chi connectivity index (χ3v) is 2.22. The van der Waals surface area contributed by atoms with E-state index >= 15 is 0 Å². The molecule has 1 fully saturated rings. The van der Waals surface area contributed by atoms with Gasteiger partial charge in [-0.15, -0.1) is 6.58 Å². The Kier molecular flexibility index (Phi) is 4.33. The minimum atomic E-state index is 0.449. The maximum atomic E-state index is 5.65. The standard InChI is InChI=1S/C10H19NO/c1-3-4-7-11-8-10-6-5-9(2)12-10/h3,9-11H,1,4-8H2,2H3. The Morgan fingerprint density at radius 2 is 2.42 bits per heavy atom. The smallest absolute Gasteiger partial charge is 0.0704 e. The summed E-state index contributed by atoms with van der Waals surface area (Å²) in [5.74, 6) is 0. The van der Waals surface area contributed by atoms with Crippen molar-refractivity contribution in [2.45, 2.75) is 38.4 Å². The molecular weight excluding hydrogens is 150 g/mol. The van der Waals surface area contributed by atoms with E-state index in [1.807, 2.05) is 6.08 Å². The van der Waals surface area contributed by atoms with Gasteiger partial charge >= 0.3 is 0 Å².